The molecule has 156 valence electrons. The molecule has 0 radical (unpaired) electrons. The number of aryl methyl sites for hydroxylation is 2. The van der Waals surface area contributed by atoms with E-state index in [9.17, 15) is 9.59 Å². The van der Waals surface area contributed by atoms with Crippen molar-refractivity contribution in [2.24, 2.45) is 4.99 Å². The van der Waals surface area contributed by atoms with Gasteiger partial charge in [-0.15, -0.1) is 6.58 Å². The lowest BCUT2D eigenvalue weighted by Gasteiger charge is -2.14. The molecule has 0 aromatic heterocycles. The third-order valence-electron chi connectivity index (χ3n) is 4.67. The monoisotopic (exact) mass is 423 g/mol. The summed E-state index contributed by atoms with van der Waals surface area (Å²) in [5.74, 6) is 0.403. The molecular weight excluding hydrogens is 398 g/mol. The van der Waals surface area contributed by atoms with E-state index >= 15 is 0 Å². The van der Waals surface area contributed by atoms with Crippen molar-refractivity contribution < 1.29 is 14.3 Å². The predicted molar refractivity (Wildman–Crippen MR) is 123 cm³/mol. The van der Waals surface area contributed by atoms with Gasteiger partial charge in [0.2, 0.25) is 11.8 Å². The van der Waals surface area contributed by atoms with Crippen molar-refractivity contribution in [2.45, 2.75) is 25.5 Å². The summed E-state index contributed by atoms with van der Waals surface area (Å²) in [5, 5.41) is 2.97. The molecule has 1 atom stereocenters. The van der Waals surface area contributed by atoms with Crippen LogP contribution < -0.4 is 10.1 Å². The second kappa shape index (κ2) is 9.63. The topological polar surface area (TPSA) is 71.0 Å². The highest BCUT2D eigenvalue weighted by molar-refractivity contribution is 8.15. The van der Waals surface area contributed by atoms with Crippen LogP contribution in [0.1, 0.15) is 17.5 Å². The molecular formula is C23H25N3O3S. The normalized spacial score (nSPS) is 17.3. The number of aliphatic imine (C=N–C) groups is 1. The molecule has 6 nitrogen and oxygen atoms in total. The van der Waals surface area contributed by atoms with Crippen LogP contribution in [0.4, 0.5) is 11.4 Å². The third kappa shape index (κ3) is 5.10. The van der Waals surface area contributed by atoms with Crippen LogP contribution in [-0.2, 0) is 9.59 Å². The summed E-state index contributed by atoms with van der Waals surface area (Å²) in [6.45, 7) is 7.98. The van der Waals surface area contributed by atoms with Crippen LogP contribution in [0.25, 0.3) is 0 Å². The van der Waals surface area contributed by atoms with Gasteiger partial charge < -0.3 is 10.1 Å². The van der Waals surface area contributed by atoms with Crippen molar-refractivity contribution >= 4 is 40.1 Å². The molecule has 3 rings (SSSR count). The Labute approximate surface area is 181 Å². The van der Waals surface area contributed by atoms with Crippen LogP contribution in [0.2, 0.25) is 0 Å². The van der Waals surface area contributed by atoms with E-state index < -0.39 is 5.25 Å². The number of anilines is 1. The van der Waals surface area contributed by atoms with Gasteiger partial charge in [0.25, 0.3) is 0 Å². The van der Waals surface area contributed by atoms with Crippen LogP contribution in [0.5, 0.6) is 5.75 Å². The van der Waals surface area contributed by atoms with Crippen molar-refractivity contribution in [1.29, 1.82) is 0 Å². The first-order chi connectivity index (χ1) is 14.4. The number of benzene rings is 2. The molecule has 0 spiro atoms. The van der Waals surface area contributed by atoms with Crippen molar-refractivity contribution in [3.8, 4) is 5.75 Å². The highest BCUT2D eigenvalue weighted by Crippen LogP contribution is 2.32. The minimum Gasteiger partial charge on any atom is -0.497 e. The summed E-state index contributed by atoms with van der Waals surface area (Å²) in [5.41, 5.74) is 3.52. The maximum atomic E-state index is 12.9. The van der Waals surface area contributed by atoms with E-state index in [0.29, 0.717) is 17.4 Å². The zero-order valence-corrected chi connectivity index (χ0v) is 18.2. The highest BCUT2D eigenvalue weighted by Gasteiger charge is 2.38. The van der Waals surface area contributed by atoms with Gasteiger partial charge in [-0.05, 0) is 55.3 Å². The van der Waals surface area contributed by atoms with Crippen LogP contribution >= 0.6 is 11.8 Å². The van der Waals surface area contributed by atoms with Gasteiger partial charge in [0.15, 0.2) is 5.17 Å². The Morgan fingerprint density at radius 2 is 2.00 bits per heavy atom. The van der Waals surface area contributed by atoms with Gasteiger partial charge in [-0.1, -0.05) is 30.0 Å². The Kier molecular flexibility index (Phi) is 6.95. The second-order valence-corrected chi connectivity index (χ2v) is 8.18. The molecule has 2 aromatic carbocycles. The van der Waals surface area contributed by atoms with E-state index in [4.69, 9.17) is 4.74 Å². The Bertz CT molecular complexity index is 986. The molecule has 1 fully saturated rings. The standard InChI is InChI=1S/C23H25N3O3S/c1-5-12-26-22(28)20(14-21(27)25-19-13-15(2)6-7-16(19)3)30-23(26)24-17-8-10-18(29-4)11-9-17/h5-11,13,20H,1,12,14H2,2-4H3,(H,25,27)/t20-/m0/s1. The molecule has 1 heterocycles. The third-order valence-corrected chi connectivity index (χ3v) is 5.84. The SMILES string of the molecule is C=CCN1C(=O)[C@H](CC(=O)Nc2cc(C)ccc2C)SC1=Nc1ccc(OC)cc1. The predicted octanol–water partition coefficient (Wildman–Crippen LogP) is 4.46. The van der Waals surface area contributed by atoms with Crippen LogP contribution in [0, 0.1) is 13.8 Å². The van der Waals surface area contributed by atoms with Crippen LogP contribution in [0.15, 0.2) is 60.1 Å². The van der Waals surface area contributed by atoms with Gasteiger partial charge in [0, 0.05) is 18.7 Å². The molecule has 1 aliphatic heterocycles. The summed E-state index contributed by atoms with van der Waals surface area (Å²) in [7, 11) is 1.60. The molecule has 0 aliphatic carbocycles. The number of nitrogens with one attached hydrogen (secondary N) is 1. The molecule has 1 N–H and O–H groups in total. The smallest absolute Gasteiger partial charge is 0.242 e. The Morgan fingerprint density at radius 1 is 1.27 bits per heavy atom. The molecule has 2 aromatic rings. The lowest BCUT2D eigenvalue weighted by Crippen LogP contribution is -2.33. The lowest BCUT2D eigenvalue weighted by molar-refractivity contribution is -0.127. The van der Waals surface area contributed by atoms with E-state index in [2.05, 4.69) is 16.9 Å². The lowest BCUT2D eigenvalue weighted by atomic mass is 10.1. The van der Waals surface area contributed by atoms with Gasteiger partial charge in [-0.3, -0.25) is 14.5 Å². The van der Waals surface area contributed by atoms with E-state index in [0.717, 1.165) is 22.6 Å². The van der Waals surface area contributed by atoms with Gasteiger partial charge in [0.05, 0.1) is 12.8 Å². The summed E-state index contributed by atoms with van der Waals surface area (Å²) >= 11 is 1.30. The van der Waals surface area contributed by atoms with E-state index in [1.807, 2.05) is 56.3 Å². The summed E-state index contributed by atoms with van der Waals surface area (Å²) in [4.78, 5) is 31.7. The zero-order chi connectivity index (χ0) is 21.7. The second-order valence-electron chi connectivity index (χ2n) is 7.01. The minimum atomic E-state index is -0.521. The van der Waals surface area contributed by atoms with Gasteiger partial charge in [-0.2, -0.15) is 0 Å². The molecule has 0 saturated carbocycles. The largest absolute Gasteiger partial charge is 0.497 e. The fourth-order valence-electron chi connectivity index (χ4n) is 3.03. The first-order valence-electron chi connectivity index (χ1n) is 9.60. The Hall–Kier alpha value is -3.06. The van der Waals surface area contributed by atoms with Crippen molar-refractivity contribution in [3.63, 3.8) is 0 Å². The zero-order valence-electron chi connectivity index (χ0n) is 17.3. The summed E-state index contributed by atoms with van der Waals surface area (Å²) < 4.78 is 5.17. The molecule has 2 amide bonds. The molecule has 0 unspecified atom stereocenters. The van der Waals surface area contributed by atoms with E-state index in [1.165, 1.54) is 11.8 Å². The number of thioether (sulfide) groups is 1. The molecule has 30 heavy (non-hydrogen) atoms. The number of methoxy groups -OCH3 is 1. The number of hydrogen-bond donors (Lipinski definition) is 1. The van der Waals surface area contributed by atoms with Crippen LogP contribution in [-0.4, -0.2) is 40.8 Å². The summed E-state index contributed by atoms with van der Waals surface area (Å²) in [6.07, 6.45) is 1.73. The number of carbonyl (C=O) groups excluding carboxylic acids is 2. The molecule has 7 heteroatoms. The molecule has 1 aliphatic rings. The van der Waals surface area contributed by atoms with Crippen molar-refractivity contribution in [1.82, 2.24) is 4.90 Å². The van der Waals surface area contributed by atoms with Crippen LogP contribution in [0.3, 0.4) is 0 Å². The maximum Gasteiger partial charge on any atom is 0.242 e. The number of nitrogens with zero attached hydrogens (tertiary/aromatic N) is 2. The Morgan fingerprint density at radius 3 is 2.67 bits per heavy atom. The molecule has 0 bridgehead atoms. The fourth-order valence-corrected chi connectivity index (χ4v) is 4.20. The van der Waals surface area contributed by atoms with Crippen molar-refractivity contribution in [3.05, 3.63) is 66.2 Å². The fraction of sp³-hybridized carbons (Fsp3) is 0.261. The van der Waals surface area contributed by atoms with E-state index in [1.54, 1.807) is 18.1 Å². The highest BCUT2D eigenvalue weighted by atomic mass is 32.2. The van der Waals surface area contributed by atoms with E-state index in [-0.39, 0.29) is 18.2 Å². The minimum absolute atomic E-state index is 0.0756. The number of amidine groups is 1. The number of ether oxygens (including phenoxy) is 1. The first-order valence-corrected chi connectivity index (χ1v) is 10.5. The van der Waals surface area contributed by atoms with Gasteiger partial charge in [0.1, 0.15) is 11.0 Å². The number of carbonyl (C=O) groups is 2. The number of rotatable bonds is 7. The summed E-state index contributed by atoms with van der Waals surface area (Å²) in [6, 6.07) is 13.2. The number of amides is 2. The first kappa shape index (κ1) is 21.6. The quantitative estimate of drug-likeness (QED) is 0.668. The average molecular weight is 424 g/mol. The average Bonchev–Trinajstić information content (AvgIpc) is 3.00. The van der Waals surface area contributed by atoms with Gasteiger partial charge >= 0.3 is 0 Å². The van der Waals surface area contributed by atoms with Gasteiger partial charge in [-0.25, -0.2) is 4.99 Å². The number of hydrogen-bond acceptors (Lipinski definition) is 5. The molecule has 1 saturated heterocycles. The maximum absolute atomic E-state index is 12.9. The van der Waals surface area contributed by atoms with Crippen molar-refractivity contribution in [2.75, 3.05) is 19.0 Å². The Balaban J connectivity index is 1.74.